The molecule has 0 aliphatic carbocycles. The van der Waals surface area contributed by atoms with Gasteiger partial charge in [0.05, 0.1) is 6.54 Å². The summed E-state index contributed by atoms with van der Waals surface area (Å²) in [5, 5.41) is 5.64. The molecule has 5 nitrogen and oxygen atoms in total. The number of rotatable bonds is 5. The monoisotopic (exact) mass is 317 g/mol. The average molecular weight is 317 g/mol. The Labute approximate surface area is 134 Å². The van der Waals surface area contributed by atoms with Crippen molar-refractivity contribution in [3.05, 3.63) is 42.0 Å². The smallest absolute Gasteiger partial charge is 0.240 e. The Hall–Kier alpha value is -2.08. The van der Waals surface area contributed by atoms with Gasteiger partial charge in [0.25, 0.3) is 0 Å². The highest BCUT2D eigenvalue weighted by atomic mass is 32.2. The number of hydrogen-bond acceptors (Lipinski definition) is 4. The second-order valence-corrected chi connectivity index (χ2v) is 6.29. The lowest BCUT2D eigenvalue weighted by molar-refractivity contribution is -0.122. The molecule has 1 fully saturated rings. The highest BCUT2D eigenvalue weighted by Crippen LogP contribution is 2.23. The summed E-state index contributed by atoms with van der Waals surface area (Å²) < 4.78 is 0. The second kappa shape index (κ2) is 7.26. The molecule has 2 amide bonds. The molecule has 116 valence electrons. The van der Waals surface area contributed by atoms with Crippen LogP contribution in [-0.4, -0.2) is 28.8 Å². The number of carbonyl (C=O) groups excluding carboxylic acids is 2. The molecule has 0 spiro atoms. The van der Waals surface area contributed by atoms with Crippen LogP contribution in [0.2, 0.25) is 0 Å². The molecule has 1 aromatic carbocycles. The van der Waals surface area contributed by atoms with E-state index in [1.807, 2.05) is 32.0 Å². The van der Waals surface area contributed by atoms with Crippen molar-refractivity contribution < 1.29 is 9.59 Å². The number of nitrogens with zero attached hydrogens (tertiary/aromatic N) is 1. The number of aryl methyl sites for hydroxylation is 2. The van der Waals surface area contributed by atoms with Gasteiger partial charge in [0.15, 0.2) is 5.17 Å². The SMILES string of the molecule is C=CCN=C1NC(=O)[C@@H](CC(=O)Nc2ccc(C)cc2C)S1. The van der Waals surface area contributed by atoms with Gasteiger partial charge >= 0.3 is 0 Å². The predicted molar refractivity (Wildman–Crippen MR) is 91.2 cm³/mol. The van der Waals surface area contributed by atoms with Gasteiger partial charge in [-0.1, -0.05) is 35.5 Å². The van der Waals surface area contributed by atoms with Crippen molar-refractivity contribution in [2.75, 3.05) is 11.9 Å². The summed E-state index contributed by atoms with van der Waals surface area (Å²) >= 11 is 1.28. The van der Waals surface area contributed by atoms with Gasteiger partial charge in [0, 0.05) is 12.1 Å². The molecule has 2 rings (SSSR count). The van der Waals surface area contributed by atoms with E-state index in [-0.39, 0.29) is 18.2 Å². The number of carbonyl (C=O) groups is 2. The minimum Gasteiger partial charge on any atom is -0.326 e. The van der Waals surface area contributed by atoms with E-state index in [1.165, 1.54) is 11.8 Å². The first-order valence-electron chi connectivity index (χ1n) is 6.99. The van der Waals surface area contributed by atoms with Gasteiger partial charge in [0.2, 0.25) is 11.8 Å². The summed E-state index contributed by atoms with van der Waals surface area (Å²) in [5.41, 5.74) is 2.92. The van der Waals surface area contributed by atoms with E-state index in [2.05, 4.69) is 22.2 Å². The van der Waals surface area contributed by atoms with Crippen LogP contribution in [0, 0.1) is 13.8 Å². The maximum Gasteiger partial charge on any atom is 0.240 e. The van der Waals surface area contributed by atoms with Crippen molar-refractivity contribution >= 4 is 34.4 Å². The fourth-order valence-electron chi connectivity index (χ4n) is 2.09. The van der Waals surface area contributed by atoms with Crippen LogP contribution in [0.1, 0.15) is 17.5 Å². The minimum atomic E-state index is -0.436. The van der Waals surface area contributed by atoms with Crippen LogP contribution in [-0.2, 0) is 9.59 Å². The summed E-state index contributed by atoms with van der Waals surface area (Å²) in [6, 6.07) is 5.83. The number of amidine groups is 1. The van der Waals surface area contributed by atoms with Crippen LogP contribution in [0.5, 0.6) is 0 Å². The zero-order chi connectivity index (χ0) is 16.1. The molecule has 0 saturated carbocycles. The van der Waals surface area contributed by atoms with E-state index in [0.717, 1.165) is 16.8 Å². The third kappa shape index (κ3) is 4.21. The average Bonchev–Trinajstić information content (AvgIpc) is 2.80. The molecular weight excluding hydrogens is 298 g/mol. The summed E-state index contributed by atoms with van der Waals surface area (Å²) in [7, 11) is 0. The lowest BCUT2D eigenvalue weighted by atomic mass is 10.1. The fraction of sp³-hybridized carbons (Fsp3) is 0.312. The third-order valence-corrected chi connectivity index (χ3v) is 4.29. The Kier molecular flexibility index (Phi) is 5.38. The summed E-state index contributed by atoms with van der Waals surface area (Å²) in [6.07, 6.45) is 1.77. The lowest BCUT2D eigenvalue weighted by Gasteiger charge is -2.10. The second-order valence-electron chi connectivity index (χ2n) is 5.10. The number of amides is 2. The molecule has 0 bridgehead atoms. The van der Waals surface area contributed by atoms with Gasteiger partial charge in [-0.15, -0.1) is 6.58 Å². The Bertz CT molecular complexity index is 640. The summed E-state index contributed by atoms with van der Waals surface area (Å²) in [4.78, 5) is 28.1. The van der Waals surface area contributed by atoms with Crippen molar-refractivity contribution in [2.24, 2.45) is 4.99 Å². The Morgan fingerprint density at radius 3 is 2.95 bits per heavy atom. The fourth-order valence-corrected chi connectivity index (χ4v) is 3.06. The summed E-state index contributed by atoms with van der Waals surface area (Å²) in [6.45, 7) is 7.97. The molecule has 1 atom stereocenters. The Morgan fingerprint density at radius 2 is 2.27 bits per heavy atom. The Balaban J connectivity index is 1.95. The third-order valence-electron chi connectivity index (χ3n) is 3.17. The molecule has 1 heterocycles. The van der Waals surface area contributed by atoms with E-state index in [9.17, 15) is 9.59 Å². The van der Waals surface area contributed by atoms with Crippen LogP contribution < -0.4 is 10.6 Å². The van der Waals surface area contributed by atoms with Gasteiger partial charge in [-0.05, 0) is 25.5 Å². The first-order chi connectivity index (χ1) is 10.5. The lowest BCUT2D eigenvalue weighted by Crippen LogP contribution is -2.28. The van der Waals surface area contributed by atoms with Crippen molar-refractivity contribution in [2.45, 2.75) is 25.5 Å². The number of anilines is 1. The zero-order valence-electron chi connectivity index (χ0n) is 12.7. The van der Waals surface area contributed by atoms with Gasteiger partial charge in [0.1, 0.15) is 5.25 Å². The van der Waals surface area contributed by atoms with E-state index in [0.29, 0.717) is 11.7 Å². The van der Waals surface area contributed by atoms with Gasteiger partial charge < -0.3 is 10.6 Å². The van der Waals surface area contributed by atoms with E-state index in [4.69, 9.17) is 0 Å². The highest BCUT2D eigenvalue weighted by molar-refractivity contribution is 8.15. The topological polar surface area (TPSA) is 70.6 Å². The van der Waals surface area contributed by atoms with Crippen LogP contribution in [0.25, 0.3) is 0 Å². The highest BCUT2D eigenvalue weighted by Gasteiger charge is 2.31. The first-order valence-corrected chi connectivity index (χ1v) is 7.87. The number of aliphatic imine (C=N–C) groups is 1. The predicted octanol–water partition coefficient (Wildman–Crippen LogP) is 2.41. The molecule has 1 aliphatic heterocycles. The van der Waals surface area contributed by atoms with Gasteiger partial charge in [-0.3, -0.25) is 14.6 Å². The normalized spacial score (nSPS) is 19.1. The Morgan fingerprint density at radius 1 is 1.50 bits per heavy atom. The molecule has 0 aromatic heterocycles. The molecule has 0 unspecified atom stereocenters. The molecule has 22 heavy (non-hydrogen) atoms. The standard InChI is InChI=1S/C16H19N3O2S/c1-4-7-17-16-19-15(21)13(22-16)9-14(20)18-12-6-5-10(2)8-11(12)3/h4-6,8,13H,1,7,9H2,2-3H3,(H,18,20)(H,17,19,21)/t13-/m1/s1. The van der Waals surface area contributed by atoms with Crippen molar-refractivity contribution in [1.29, 1.82) is 0 Å². The van der Waals surface area contributed by atoms with E-state index >= 15 is 0 Å². The number of nitrogens with one attached hydrogen (secondary N) is 2. The van der Waals surface area contributed by atoms with Crippen molar-refractivity contribution in [1.82, 2.24) is 5.32 Å². The quantitative estimate of drug-likeness (QED) is 0.819. The van der Waals surface area contributed by atoms with Crippen LogP contribution in [0.3, 0.4) is 0 Å². The van der Waals surface area contributed by atoms with Crippen molar-refractivity contribution in [3.63, 3.8) is 0 Å². The molecule has 0 radical (unpaired) electrons. The number of thioether (sulfide) groups is 1. The maximum atomic E-state index is 12.1. The van der Waals surface area contributed by atoms with Crippen LogP contribution in [0.4, 0.5) is 5.69 Å². The number of hydrogen-bond donors (Lipinski definition) is 2. The minimum absolute atomic E-state index is 0.122. The summed E-state index contributed by atoms with van der Waals surface area (Å²) in [5.74, 6) is -0.354. The largest absolute Gasteiger partial charge is 0.326 e. The molecule has 2 N–H and O–H groups in total. The molecule has 1 aliphatic rings. The maximum absolute atomic E-state index is 12.1. The molecule has 6 heteroatoms. The van der Waals surface area contributed by atoms with E-state index < -0.39 is 5.25 Å². The van der Waals surface area contributed by atoms with E-state index in [1.54, 1.807) is 6.08 Å². The first kappa shape index (κ1) is 16.3. The van der Waals surface area contributed by atoms with Gasteiger partial charge in [-0.25, -0.2) is 0 Å². The molecular formula is C16H19N3O2S. The van der Waals surface area contributed by atoms with Crippen LogP contribution >= 0.6 is 11.8 Å². The number of benzene rings is 1. The van der Waals surface area contributed by atoms with Crippen molar-refractivity contribution in [3.8, 4) is 0 Å². The van der Waals surface area contributed by atoms with Crippen LogP contribution in [0.15, 0.2) is 35.8 Å². The van der Waals surface area contributed by atoms with Gasteiger partial charge in [-0.2, -0.15) is 0 Å². The molecule has 1 aromatic rings. The zero-order valence-corrected chi connectivity index (χ0v) is 13.5. The molecule has 1 saturated heterocycles.